The lowest BCUT2D eigenvalue weighted by atomic mass is 10.2. The molecule has 0 spiro atoms. The topological polar surface area (TPSA) is 63.6 Å². The summed E-state index contributed by atoms with van der Waals surface area (Å²) in [5, 5.41) is 17.3. The molecule has 86 valence electrons. The number of nitrogens with zero attached hydrogens (tertiary/aromatic N) is 4. The molecule has 5 nitrogen and oxygen atoms in total. The molecular weight excluding hydrogens is 242 g/mol. The fourth-order valence-corrected chi connectivity index (χ4v) is 2.50. The van der Waals surface area contributed by atoms with Gasteiger partial charge in [-0.15, -0.1) is 15.3 Å². The number of nitrogens with one attached hydrogen (secondary N) is 1. The third-order valence-electron chi connectivity index (χ3n) is 1.87. The van der Waals surface area contributed by atoms with Crippen molar-refractivity contribution in [3.8, 4) is 9.88 Å². The first kappa shape index (κ1) is 11.6. The van der Waals surface area contributed by atoms with Gasteiger partial charge >= 0.3 is 0 Å². The van der Waals surface area contributed by atoms with Gasteiger partial charge in [-0.1, -0.05) is 29.7 Å². The van der Waals surface area contributed by atoms with Crippen LogP contribution in [0.5, 0.6) is 0 Å². The average molecular weight is 255 g/mol. The lowest BCUT2D eigenvalue weighted by molar-refractivity contribution is 0.550. The summed E-state index contributed by atoms with van der Waals surface area (Å²) in [6, 6.07) is 0. The molecule has 0 aromatic carbocycles. The summed E-state index contributed by atoms with van der Waals surface area (Å²) in [6.45, 7) is 6.14. The van der Waals surface area contributed by atoms with E-state index in [4.69, 9.17) is 0 Å². The van der Waals surface area contributed by atoms with Gasteiger partial charge in [0.25, 0.3) is 0 Å². The van der Waals surface area contributed by atoms with E-state index in [2.05, 4.69) is 38.9 Å². The summed E-state index contributed by atoms with van der Waals surface area (Å²) in [4.78, 5) is 0.979. The van der Waals surface area contributed by atoms with Crippen LogP contribution in [0.15, 0.2) is 6.20 Å². The molecule has 0 amide bonds. The SMILES string of the molecule is CC(C)CNCc1nnc(-c2cnns2)s1. The second-order valence-corrected chi connectivity index (χ2v) is 5.66. The summed E-state index contributed by atoms with van der Waals surface area (Å²) in [6.07, 6.45) is 1.72. The summed E-state index contributed by atoms with van der Waals surface area (Å²) in [7, 11) is 0. The van der Waals surface area contributed by atoms with Crippen LogP contribution in [0, 0.1) is 5.92 Å². The second kappa shape index (κ2) is 5.42. The van der Waals surface area contributed by atoms with E-state index in [-0.39, 0.29) is 0 Å². The summed E-state index contributed by atoms with van der Waals surface area (Å²) in [5.74, 6) is 0.651. The number of hydrogen-bond donors (Lipinski definition) is 1. The summed E-state index contributed by atoms with van der Waals surface area (Å²) in [5.41, 5.74) is 0. The molecule has 0 aliphatic rings. The van der Waals surface area contributed by atoms with Crippen LogP contribution in [-0.2, 0) is 6.54 Å². The molecule has 0 aliphatic carbocycles. The highest BCUT2D eigenvalue weighted by Gasteiger charge is 2.08. The van der Waals surface area contributed by atoms with E-state index in [0.29, 0.717) is 5.92 Å². The minimum absolute atomic E-state index is 0.651. The van der Waals surface area contributed by atoms with E-state index in [1.807, 2.05) is 0 Å². The summed E-state index contributed by atoms with van der Waals surface area (Å²) >= 11 is 2.93. The van der Waals surface area contributed by atoms with Crippen LogP contribution >= 0.6 is 22.9 Å². The van der Waals surface area contributed by atoms with Gasteiger partial charge in [0.15, 0.2) is 5.01 Å². The van der Waals surface area contributed by atoms with Crippen molar-refractivity contribution in [3.63, 3.8) is 0 Å². The van der Waals surface area contributed by atoms with Crippen molar-refractivity contribution >= 4 is 22.9 Å². The number of aromatic nitrogens is 4. The normalized spacial score (nSPS) is 11.2. The highest BCUT2D eigenvalue weighted by molar-refractivity contribution is 7.19. The molecule has 0 saturated carbocycles. The van der Waals surface area contributed by atoms with Crippen LogP contribution in [0.2, 0.25) is 0 Å². The van der Waals surface area contributed by atoms with Gasteiger partial charge in [-0.3, -0.25) is 0 Å². The van der Waals surface area contributed by atoms with Gasteiger partial charge in [-0.25, -0.2) is 0 Å². The van der Waals surface area contributed by atoms with Crippen LogP contribution in [0.3, 0.4) is 0 Å². The molecule has 1 N–H and O–H groups in total. The maximum absolute atomic E-state index is 4.13. The van der Waals surface area contributed by atoms with Gasteiger partial charge in [-0.2, -0.15) is 0 Å². The van der Waals surface area contributed by atoms with Crippen molar-refractivity contribution in [1.82, 2.24) is 25.1 Å². The maximum Gasteiger partial charge on any atom is 0.161 e. The Morgan fingerprint density at radius 3 is 2.94 bits per heavy atom. The summed E-state index contributed by atoms with van der Waals surface area (Å²) < 4.78 is 3.81. The average Bonchev–Trinajstić information content (AvgIpc) is 2.85. The van der Waals surface area contributed by atoms with Gasteiger partial charge < -0.3 is 5.32 Å². The molecule has 0 radical (unpaired) electrons. The van der Waals surface area contributed by atoms with Crippen molar-refractivity contribution in [2.45, 2.75) is 20.4 Å². The third-order valence-corrected chi connectivity index (χ3v) is 3.62. The lowest BCUT2D eigenvalue weighted by Crippen LogP contribution is -2.18. The first-order valence-electron chi connectivity index (χ1n) is 5.06. The second-order valence-electron chi connectivity index (χ2n) is 3.81. The van der Waals surface area contributed by atoms with E-state index < -0.39 is 0 Å². The fourth-order valence-electron chi connectivity index (χ4n) is 1.15. The quantitative estimate of drug-likeness (QED) is 0.882. The molecule has 2 aromatic rings. The largest absolute Gasteiger partial charge is 0.310 e. The van der Waals surface area contributed by atoms with Crippen LogP contribution in [0.4, 0.5) is 0 Å². The lowest BCUT2D eigenvalue weighted by Gasteiger charge is -2.03. The van der Waals surface area contributed by atoms with Crippen LogP contribution < -0.4 is 5.32 Å². The molecule has 0 aliphatic heterocycles. The smallest absolute Gasteiger partial charge is 0.161 e. The monoisotopic (exact) mass is 255 g/mol. The Morgan fingerprint density at radius 1 is 1.38 bits per heavy atom. The molecule has 0 atom stereocenters. The number of hydrogen-bond acceptors (Lipinski definition) is 7. The van der Waals surface area contributed by atoms with Crippen LogP contribution in [0.1, 0.15) is 18.9 Å². The molecule has 2 heterocycles. The Balaban J connectivity index is 1.93. The fraction of sp³-hybridized carbons (Fsp3) is 0.556. The standard InChI is InChI=1S/C9H13N5S2/c1-6(2)3-10-5-8-12-13-9(15-8)7-4-11-14-16-7/h4,6,10H,3,5H2,1-2H3. The Kier molecular flexibility index (Phi) is 3.92. The molecule has 0 bridgehead atoms. The molecule has 2 aromatic heterocycles. The zero-order valence-corrected chi connectivity index (χ0v) is 10.8. The molecule has 7 heteroatoms. The molecular formula is C9H13N5S2. The maximum atomic E-state index is 4.13. The Labute approximate surface area is 102 Å². The predicted molar refractivity (Wildman–Crippen MR) is 65.4 cm³/mol. The first-order valence-corrected chi connectivity index (χ1v) is 6.65. The third kappa shape index (κ3) is 3.03. The van der Waals surface area contributed by atoms with Gasteiger partial charge in [0.05, 0.1) is 6.20 Å². The van der Waals surface area contributed by atoms with E-state index >= 15 is 0 Å². The van der Waals surface area contributed by atoms with E-state index in [9.17, 15) is 0 Å². The Morgan fingerprint density at radius 2 is 2.25 bits per heavy atom. The highest BCUT2D eigenvalue weighted by atomic mass is 32.1. The van der Waals surface area contributed by atoms with Crippen LogP contribution in [-0.4, -0.2) is 26.3 Å². The minimum atomic E-state index is 0.651. The molecule has 0 fully saturated rings. The van der Waals surface area contributed by atoms with Crippen molar-refractivity contribution in [3.05, 3.63) is 11.2 Å². The van der Waals surface area contributed by atoms with Gasteiger partial charge in [0, 0.05) is 6.54 Å². The molecule has 16 heavy (non-hydrogen) atoms. The van der Waals surface area contributed by atoms with Crippen molar-refractivity contribution in [2.24, 2.45) is 5.92 Å². The zero-order valence-electron chi connectivity index (χ0n) is 9.17. The van der Waals surface area contributed by atoms with Crippen molar-refractivity contribution < 1.29 is 0 Å². The minimum Gasteiger partial charge on any atom is -0.310 e. The van der Waals surface area contributed by atoms with E-state index in [0.717, 1.165) is 28.0 Å². The molecule has 2 rings (SSSR count). The van der Waals surface area contributed by atoms with Crippen molar-refractivity contribution in [1.29, 1.82) is 0 Å². The predicted octanol–water partition coefficient (Wildman–Crippen LogP) is 1.80. The Bertz CT molecular complexity index is 423. The van der Waals surface area contributed by atoms with Gasteiger partial charge in [0.1, 0.15) is 9.88 Å². The molecule has 0 unspecified atom stereocenters. The van der Waals surface area contributed by atoms with Crippen molar-refractivity contribution in [2.75, 3.05) is 6.54 Å². The number of rotatable bonds is 5. The van der Waals surface area contributed by atoms with Gasteiger partial charge in [-0.05, 0) is 24.0 Å². The van der Waals surface area contributed by atoms with Gasteiger partial charge in [0.2, 0.25) is 0 Å². The molecule has 0 saturated heterocycles. The zero-order chi connectivity index (χ0) is 11.4. The van der Waals surface area contributed by atoms with E-state index in [1.165, 1.54) is 11.5 Å². The Hall–Kier alpha value is -0.920. The first-order chi connectivity index (χ1) is 7.75. The van der Waals surface area contributed by atoms with Crippen LogP contribution in [0.25, 0.3) is 9.88 Å². The highest BCUT2D eigenvalue weighted by Crippen LogP contribution is 2.24. The van der Waals surface area contributed by atoms with E-state index in [1.54, 1.807) is 17.5 Å².